The van der Waals surface area contributed by atoms with Gasteiger partial charge in [0, 0.05) is 20.2 Å². The van der Waals surface area contributed by atoms with E-state index in [0.29, 0.717) is 30.3 Å². The third-order valence-electron chi connectivity index (χ3n) is 5.13. The highest BCUT2D eigenvalue weighted by Crippen LogP contribution is 2.17. The minimum atomic E-state index is -0.288. The van der Waals surface area contributed by atoms with E-state index >= 15 is 0 Å². The quantitative estimate of drug-likeness (QED) is 0.695. The number of imidazole rings is 1. The molecule has 0 spiro atoms. The van der Waals surface area contributed by atoms with Gasteiger partial charge >= 0.3 is 0 Å². The second-order valence-electron chi connectivity index (χ2n) is 7.15. The molecule has 3 heterocycles. The number of nitrogens with one attached hydrogen (secondary N) is 1. The third-order valence-corrected chi connectivity index (χ3v) is 5.13. The Kier molecular flexibility index (Phi) is 5.65. The summed E-state index contributed by atoms with van der Waals surface area (Å²) >= 11 is 0. The summed E-state index contributed by atoms with van der Waals surface area (Å²) in [6.07, 6.45) is 0.857. The van der Waals surface area contributed by atoms with E-state index in [1.807, 2.05) is 13.0 Å². The Balaban J connectivity index is 1.34. The molecule has 28 heavy (non-hydrogen) atoms. The molecule has 1 N–H and O–H groups in total. The summed E-state index contributed by atoms with van der Waals surface area (Å²) < 4.78 is 24.4. The zero-order chi connectivity index (χ0) is 19.5. The van der Waals surface area contributed by atoms with Crippen molar-refractivity contribution in [1.29, 1.82) is 0 Å². The lowest BCUT2D eigenvalue weighted by molar-refractivity contribution is 0.109. The van der Waals surface area contributed by atoms with Gasteiger partial charge in [0.15, 0.2) is 11.6 Å². The van der Waals surface area contributed by atoms with Crippen LogP contribution in [0, 0.1) is 5.82 Å². The molecule has 1 fully saturated rings. The second-order valence-corrected chi connectivity index (χ2v) is 7.15. The number of hydrogen-bond donors (Lipinski definition) is 1. The lowest BCUT2D eigenvalue weighted by Crippen LogP contribution is -2.30. The van der Waals surface area contributed by atoms with Crippen molar-refractivity contribution in [3.8, 4) is 0 Å². The van der Waals surface area contributed by atoms with E-state index < -0.39 is 0 Å². The van der Waals surface area contributed by atoms with Crippen LogP contribution in [0.15, 0.2) is 22.7 Å². The van der Waals surface area contributed by atoms with Crippen molar-refractivity contribution >= 4 is 11.0 Å². The van der Waals surface area contributed by atoms with Crippen LogP contribution < -0.4 is 0 Å². The summed E-state index contributed by atoms with van der Waals surface area (Å²) in [5.41, 5.74) is 1.15. The van der Waals surface area contributed by atoms with Gasteiger partial charge in [0.25, 0.3) is 0 Å². The maximum Gasteiger partial charge on any atom is 0.240 e. The van der Waals surface area contributed by atoms with Crippen molar-refractivity contribution in [3.05, 3.63) is 41.6 Å². The second kappa shape index (κ2) is 8.34. The highest BCUT2D eigenvalue weighted by molar-refractivity contribution is 5.75. The number of hydrogen-bond acceptors (Lipinski definition) is 7. The fourth-order valence-electron chi connectivity index (χ4n) is 3.47. The van der Waals surface area contributed by atoms with Gasteiger partial charge in [-0.2, -0.15) is 4.98 Å². The van der Waals surface area contributed by atoms with Crippen molar-refractivity contribution < 1.29 is 13.7 Å². The predicted molar refractivity (Wildman–Crippen MR) is 101 cm³/mol. The summed E-state index contributed by atoms with van der Waals surface area (Å²) in [4.78, 5) is 16.7. The first-order valence-electron chi connectivity index (χ1n) is 9.55. The molecular formula is C19H25FN6O2. The molecule has 9 heteroatoms. The Bertz CT molecular complexity index is 926. The number of H-pyrrole nitrogens is 1. The van der Waals surface area contributed by atoms with Crippen molar-refractivity contribution in [3.63, 3.8) is 0 Å². The molecule has 150 valence electrons. The van der Waals surface area contributed by atoms with Gasteiger partial charge in [0.05, 0.1) is 18.6 Å². The number of nitrogens with zero attached hydrogens (tertiary/aromatic N) is 5. The maximum absolute atomic E-state index is 13.8. The van der Waals surface area contributed by atoms with E-state index in [1.165, 1.54) is 6.07 Å². The Labute approximate surface area is 162 Å². The first kappa shape index (κ1) is 19.0. The van der Waals surface area contributed by atoms with Crippen LogP contribution in [0.25, 0.3) is 11.0 Å². The number of aromatic nitrogens is 4. The van der Waals surface area contributed by atoms with Gasteiger partial charge in [-0.3, -0.25) is 9.80 Å². The van der Waals surface area contributed by atoms with Crippen LogP contribution in [-0.4, -0.2) is 63.2 Å². The van der Waals surface area contributed by atoms with Crippen molar-refractivity contribution in [2.75, 3.05) is 33.3 Å². The van der Waals surface area contributed by atoms with Crippen LogP contribution in [0.2, 0.25) is 0 Å². The Morgan fingerprint density at radius 2 is 1.96 bits per heavy atom. The van der Waals surface area contributed by atoms with Gasteiger partial charge in [-0.15, -0.1) is 0 Å². The molecule has 0 aliphatic carbocycles. The molecule has 1 unspecified atom stereocenters. The number of fused-ring (bicyclic) bond motifs is 1. The fraction of sp³-hybridized carbons (Fsp3) is 0.526. The van der Waals surface area contributed by atoms with Gasteiger partial charge in [-0.25, -0.2) is 9.37 Å². The molecule has 1 aliphatic heterocycles. The zero-order valence-electron chi connectivity index (χ0n) is 16.2. The van der Waals surface area contributed by atoms with Crippen molar-refractivity contribution in [2.45, 2.75) is 32.5 Å². The highest BCUT2D eigenvalue weighted by atomic mass is 19.1. The number of rotatable bonds is 6. The fourth-order valence-corrected chi connectivity index (χ4v) is 3.47. The molecule has 0 bridgehead atoms. The summed E-state index contributed by atoms with van der Waals surface area (Å²) in [7, 11) is 1.63. The van der Waals surface area contributed by atoms with Crippen LogP contribution in [-0.2, 0) is 17.8 Å². The van der Waals surface area contributed by atoms with E-state index in [4.69, 9.17) is 9.26 Å². The first-order valence-corrected chi connectivity index (χ1v) is 9.55. The van der Waals surface area contributed by atoms with Crippen LogP contribution in [0.4, 0.5) is 4.39 Å². The monoisotopic (exact) mass is 388 g/mol. The molecule has 1 saturated heterocycles. The molecule has 2 aromatic heterocycles. The van der Waals surface area contributed by atoms with Gasteiger partial charge in [0.1, 0.15) is 17.4 Å². The smallest absolute Gasteiger partial charge is 0.240 e. The van der Waals surface area contributed by atoms with Gasteiger partial charge in [-0.1, -0.05) is 11.2 Å². The van der Waals surface area contributed by atoms with E-state index in [-0.39, 0.29) is 11.9 Å². The lowest BCUT2D eigenvalue weighted by atomic mass is 10.3. The van der Waals surface area contributed by atoms with Crippen molar-refractivity contribution in [1.82, 2.24) is 29.9 Å². The number of halogens is 1. The Morgan fingerprint density at radius 3 is 2.71 bits per heavy atom. The molecular weight excluding hydrogens is 363 g/mol. The summed E-state index contributed by atoms with van der Waals surface area (Å²) in [5.74, 6) is 1.69. The van der Waals surface area contributed by atoms with Crippen LogP contribution in [0.1, 0.15) is 37.0 Å². The minimum Gasteiger partial charge on any atom is -0.374 e. The van der Waals surface area contributed by atoms with Gasteiger partial charge in [-0.05, 0) is 38.6 Å². The molecule has 1 aliphatic rings. The number of para-hydroxylation sites is 1. The van der Waals surface area contributed by atoms with Gasteiger partial charge < -0.3 is 14.2 Å². The normalized spacial score (nSPS) is 17.8. The summed E-state index contributed by atoms with van der Waals surface area (Å²) in [5, 5.41) is 3.98. The number of aromatic amines is 1. The Hall–Kier alpha value is -2.36. The van der Waals surface area contributed by atoms with Crippen LogP contribution in [0.5, 0.6) is 0 Å². The van der Waals surface area contributed by atoms with Crippen LogP contribution in [0.3, 0.4) is 0 Å². The zero-order valence-corrected chi connectivity index (χ0v) is 16.2. The van der Waals surface area contributed by atoms with E-state index in [9.17, 15) is 4.39 Å². The average Bonchev–Trinajstić information content (AvgIpc) is 3.26. The SMILES string of the molecule is COC(C)c1noc(CN2CCCN(Cc3nc4c(F)cccc4[nH]3)CC2)n1. The third kappa shape index (κ3) is 4.21. The van der Waals surface area contributed by atoms with E-state index in [2.05, 4.69) is 29.9 Å². The molecule has 0 saturated carbocycles. The topological polar surface area (TPSA) is 83.3 Å². The Morgan fingerprint density at radius 1 is 1.18 bits per heavy atom. The summed E-state index contributed by atoms with van der Waals surface area (Å²) in [6, 6.07) is 4.98. The molecule has 0 radical (unpaired) electrons. The predicted octanol–water partition coefficient (Wildman–Crippen LogP) is 2.50. The largest absolute Gasteiger partial charge is 0.374 e. The number of ether oxygens (including phenoxy) is 1. The first-order chi connectivity index (χ1) is 13.6. The molecule has 8 nitrogen and oxygen atoms in total. The molecule has 0 amide bonds. The highest BCUT2D eigenvalue weighted by Gasteiger charge is 2.20. The van der Waals surface area contributed by atoms with Crippen molar-refractivity contribution in [2.24, 2.45) is 0 Å². The lowest BCUT2D eigenvalue weighted by Gasteiger charge is -2.19. The number of methoxy groups -OCH3 is 1. The van der Waals surface area contributed by atoms with E-state index in [1.54, 1.807) is 13.2 Å². The van der Waals surface area contributed by atoms with Crippen LogP contribution >= 0.6 is 0 Å². The summed E-state index contributed by atoms with van der Waals surface area (Å²) in [6.45, 7) is 6.92. The standard InChI is InChI=1S/C19H25FN6O2/c1-13(27-2)19-23-17(28-24-19)12-26-8-4-7-25(9-10-26)11-16-21-15-6-3-5-14(20)18(15)22-16/h3,5-6,13H,4,7-12H2,1-2H3,(H,21,22). The molecule has 1 atom stereocenters. The van der Waals surface area contributed by atoms with E-state index in [0.717, 1.165) is 43.9 Å². The molecule has 4 rings (SSSR count). The maximum atomic E-state index is 13.8. The number of benzene rings is 1. The van der Waals surface area contributed by atoms with Gasteiger partial charge in [0.2, 0.25) is 5.89 Å². The minimum absolute atomic E-state index is 0.175. The molecule has 3 aromatic rings. The average molecular weight is 388 g/mol. The molecule has 1 aromatic carbocycles.